The van der Waals surface area contributed by atoms with E-state index in [2.05, 4.69) is 6.92 Å². The number of rotatable bonds is 4. The largest absolute Gasteiger partial charge is 0.416 e. The summed E-state index contributed by atoms with van der Waals surface area (Å²) in [6, 6.07) is 5.86. The van der Waals surface area contributed by atoms with Crippen molar-refractivity contribution in [1.82, 2.24) is 0 Å². The third-order valence-electron chi connectivity index (χ3n) is 4.00. The zero-order valence-electron chi connectivity index (χ0n) is 10.4. The topological polar surface area (TPSA) is 26.0 Å². The van der Waals surface area contributed by atoms with Gasteiger partial charge in [-0.2, -0.15) is 13.2 Å². The fourth-order valence-corrected chi connectivity index (χ4v) is 2.96. The van der Waals surface area contributed by atoms with Gasteiger partial charge in [0.05, 0.1) is 5.56 Å². The van der Waals surface area contributed by atoms with Gasteiger partial charge < -0.3 is 5.73 Å². The van der Waals surface area contributed by atoms with E-state index in [9.17, 15) is 13.2 Å². The molecule has 2 N–H and O–H groups in total. The van der Waals surface area contributed by atoms with E-state index in [4.69, 9.17) is 5.73 Å². The number of nitrogens with two attached hydrogens (primary N) is 1. The van der Waals surface area contributed by atoms with Gasteiger partial charge in [0.2, 0.25) is 0 Å². The maximum Gasteiger partial charge on any atom is 0.416 e. The van der Waals surface area contributed by atoms with Gasteiger partial charge in [-0.1, -0.05) is 31.5 Å². The summed E-state index contributed by atoms with van der Waals surface area (Å²) in [7, 11) is 0. The van der Waals surface area contributed by atoms with Gasteiger partial charge in [0, 0.05) is 12.0 Å². The molecule has 18 heavy (non-hydrogen) atoms. The van der Waals surface area contributed by atoms with E-state index in [-0.39, 0.29) is 0 Å². The predicted octanol–water partition coefficient (Wildman–Crippen LogP) is 3.72. The van der Waals surface area contributed by atoms with Gasteiger partial charge in [0.15, 0.2) is 0 Å². The van der Waals surface area contributed by atoms with Gasteiger partial charge in [-0.25, -0.2) is 0 Å². The predicted molar refractivity (Wildman–Crippen MR) is 65.2 cm³/mol. The Hall–Kier alpha value is -1.03. The third-order valence-corrected chi connectivity index (χ3v) is 4.00. The van der Waals surface area contributed by atoms with E-state index < -0.39 is 17.2 Å². The van der Waals surface area contributed by atoms with Crippen molar-refractivity contribution in [2.45, 2.75) is 37.8 Å². The molecule has 0 aliphatic heterocycles. The maximum absolute atomic E-state index is 13.0. The molecule has 1 nitrogen and oxygen atoms in total. The lowest BCUT2D eigenvalue weighted by Gasteiger charge is -2.21. The molecule has 2 rings (SSSR count). The van der Waals surface area contributed by atoms with E-state index >= 15 is 0 Å². The minimum absolute atomic E-state index is 0.296. The van der Waals surface area contributed by atoms with Crippen LogP contribution in [0.5, 0.6) is 0 Å². The van der Waals surface area contributed by atoms with E-state index in [1.165, 1.54) is 6.07 Å². The second-order valence-corrected chi connectivity index (χ2v) is 5.09. The van der Waals surface area contributed by atoms with Crippen LogP contribution in [-0.4, -0.2) is 6.54 Å². The summed E-state index contributed by atoms with van der Waals surface area (Å²) in [6.07, 6.45) is -1.58. The molecule has 100 valence electrons. The number of halogens is 3. The van der Waals surface area contributed by atoms with Crippen molar-refractivity contribution < 1.29 is 13.2 Å². The van der Waals surface area contributed by atoms with Crippen LogP contribution in [-0.2, 0) is 11.6 Å². The lowest BCUT2D eigenvalue weighted by Crippen LogP contribution is -2.26. The first-order valence-corrected chi connectivity index (χ1v) is 6.32. The summed E-state index contributed by atoms with van der Waals surface area (Å²) in [5.41, 5.74) is 5.19. The van der Waals surface area contributed by atoms with Crippen LogP contribution in [0, 0.1) is 5.92 Å². The molecule has 1 saturated carbocycles. The highest BCUT2D eigenvalue weighted by molar-refractivity contribution is 5.42. The Labute approximate surface area is 105 Å². The van der Waals surface area contributed by atoms with Gasteiger partial charge in [0.1, 0.15) is 0 Å². The van der Waals surface area contributed by atoms with Crippen LogP contribution in [0.25, 0.3) is 0 Å². The molecule has 0 saturated heterocycles. The van der Waals surface area contributed by atoms with Crippen molar-refractivity contribution in [1.29, 1.82) is 0 Å². The lowest BCUT2D eigenvalue weighted by atomic mass is 9.88. The van der Waals surface area contributed by atoms with Crippen molar-refractivity contribution in [3.05, 3.63) is 35.4 Å². The first kappa shape index (κ1) is 13.4. The average Bonchev–Trinajstić information content (AvgIpc) is 3.03. The molecule has 2 unspecified atom stereocenters. The summed E-state index contributed by atoms with van der Waals surface area (Å²) >= 11 is 0. The van der Waals surface area contributed by atoms with Crippen LogP contribution in [0.4, 0.5) is 13.2 Å². The average molecular weight is 257 g/mol. The van der Waals surface area contributed by atoms with Crippen LogP contribution in [0.15, 0.2) is 24.3 Å². The number of hydrogen-bond donors (Lipinski definition) is 1. The van der Waals surface area contributed by atoms with Gasteiger partial charge in [-0.3, -0.25) is 0 Å². The molecule has 0 bridgehead atoms. The third kappa shape index (κ3) is 2.14. The van der Waals surface area contributed by atoms with Crippen molar-refractivity contribution in [3.63, 3.8) is 0 Å². The molecule has 2 atom stereocenters. The highest BCUT2D eigenvalue weighted by Gasteiger charge is 2.55. The van der Waals surface area contributed by atoms with Gasteiger partial charge in [0.25, 0.3) is 0 Å². The second kappa shape index (κ2) is 4.57. The molecule has 0 radical (unpaired) electrons. The number of hydrogen-bond acceptors (Lipinski definition) is 1. The van der Waals surface area contributed by atoms with E-state index in [0.717, 1.165) is 25.3 Å². The molecule has 0 amide bonds. The Morgan fingerprint density at radius 2 is 2.00 bits per heavy atom. The Morgan fingerprint density at radius 3 is 2.56 bits per heavy atom. The Balaban J connectivity index is 2.40. The molecule has 1 aliphatic carbocycles. The quantitative estimate of drug-likeness (QED) is 0.874. The maximum atomic E-state index is 13.0. The van der Waals surface area contributed by atoms with Crippen LogP contribution in [0.3, 0.4) is 0 Å². The molecular formula is C14H18F3N. The van der Waals surface area contributed by atoms with Gasteiger partial charge in [-0.05, 0) is 30.4 Å². The SMILES string of the molecule is CCCC1CC1(CN)c1ccccc1C(F)(F)F. The first-order chi connectivity index (χ1) is 8.45. The Morgan fingerprint density at radius 1 is 1.33 bits per heavy atom. The molecular weight excluding hydrogens is 239 g/mol. The molecule has 4 heteroatoms. The van der Waals surface area contributed by atoms with E-state index in [1.807, 2.05) is 0 Å². The fourth-order valence-electron chi connectivity index (χ4n) is 2.96. The Bertz CT molecular complexity index is 427. The lowest BCUT2D eigenvalue weighted by molar-refractivity contribution is -0.138. The molecule has 1 aliphatic rings. The number of alkyl halides is 3. The summed E-state index contributed by atoms with van der Waals surface area (Å²) < 4.78 is 39.0. The van der Waals surface area contributed by atoms with Crippen molar-refractivity contribution in [2.75, 3.05) is 6.54 Å². The van der Waals surface area contributed by atoms with E-state index in [1.54, 1.807) is 12.1 Å². The molecule has 0 spiro atoms. The smallest absolute Gasteiger partial charge is 0.330 e. The summed E-state index contributed by atoms with van der Waals surface area (Å²) in [6.45, 7) is 2.35. The standard InChI is InChI=1S/C14H18F3N/c1-2-5-10-8-13(10,9-18)11-6-3-4-7-12(11)14(15,16)17/h3-4,6-7,10H,2,5,8-9,18H2,1H3. The van der Waals surface area contributed by atoms with Gasteiger partial charge in [-0.15, -0.1) is 0 Å². The van der Waals surface area contributed by atoms with Crippen LogP contribution < -0.4 is 5.73 Å². The van der Waals surface area contributed by atoms with Crippen LogP contribution in [0.2, 0.25) is 0 Å². The van der Waals surface area contributed by atoms with Crippen LogP contribution >= 0.6 is 0 Å². The Kier molecular flexibility index (Phi) is 3.41. The normalized spacial score (nSPS) is 27.3. The van der Waals surface area contributed by atoms with E-state index in [0.29, 0.717) is 18.0 Å². The molecule has 1 aromatic carbocycles. The first-order valence-electron chi connectivity index (χ1n) is 6.32. The molecule has 0 heterocycles. The fraction of sp³-hybridized carbons (Fsp3) is 0.571. The highest BCUT2D eigenvalue weighted by atomic mass is 19.4. The summed E-state index contributed by atoms with van der Waals surface area (Å²) in [5, 5.41) is 0. The molecule has 1 aromatic rings. The summed E-state index contributed by atoms with van der Waals surface area (Å²) in [4.78, 5) is 0. The van der Waals surface area contributed by atoms with Crippen molar-refractivity contribution in [2.24, 2.45) is 11.7 Å². The molecule has 1 fully saturated rings. The second-order valence-electron chi connectivity index (χ2n) is 5.09. The zero-order valence-corrected chi connectivity index (χ0v) is 10.4. The van der Waals surface area contributed by atoms with Crippen LogP contribution in [0.1, 0.15) is 37.3 Å². The monoisotopic (exact) mass is 257 g/mol. The van der Waals surface area contributed by atoms with Crippen molar-refractivity contribution in [3.8, 4) is 0 Å². The summed E-state index contributed by atoms with van der Waals surface area (Å²) in [5.74, 6) is 0.302. The highest BCUT2D eigenvalue weighted by Crippen LogP contribution is 2.57. The van der Waals surface area contributed by atoms with Crippen molar-refractivity contribution >= 4 is 0 Å². The minimum atomic E-state index is -4.29. The number of benzene rings is 1. The zero-order chi connectivity index (χ0) is 13.4. The molecule has 0 aromatic heterocycles. The minimum Gasteiger partial charge on any atom is -0.330 e. The van der Waals surface area contributed by atoms with Gasteiger partial charge >= 0.3 is 6.18 Å².